The van der Waals surface area contributed by atoms with Gasteiger partial charge in [-0.3, -0.25) is 0 Å². The second kappa shape index (κ2) is 5.89. The molecule has 3 rings (SSSR count). The van der Waals surface area contributed by atoms with Gasteiger partial charge in [0.25, 0.3) is 0 Å². The second-order valence-corrected chi connectivity index (χ2v) is 6.35. The molecule has 0 fully saturated rings. The molecule has 1 heterocycles. The van der Waals surface area contributed by atoms with Crippen LogP contribution in [-0.2, 0) is 5.75 Å². The summed E-state index contributed by atoms with van der Waals surface area (Å²) in [6.07, 6.45) is 0. The Morgan fingerprint density at radius 2 is 1.86 bits per heavy atom. The Balaban J connectivity index is 1.93. The fourth-order valence-corrected chi connectivity index (χ4v) is 3.29. The normalized spacial score (nSPS) is 11.0. The Hall–Kier alpha value is -2.20. The van der Waals surface area contributed by atoms with Crippen molar-refractivity contribution in [2.24, 2.45) is 0 Å². The van der Waals surface area contributed by atoms with E-state index < -0.39 is 5.63 Å². The summed E-state index contributed by atoms with van der Waals surface area (Å²) >= 11 is 1.68. The molecule has 1 aromatic heterocycles. The van der Waals surface area contributed by atoms with E-state index in [2.05, 4.69) is 32.0 Å². The maximum atomic E-state index is 11.7. The average Bonchev–Trinajstić information content (AvgIpc) is 2.47. The number of benzene rings is 2. The smallest absolute Gasteiger partial charge is 0.336 e. The van der Waals surface area contributed by atoms with E-state index in [0.717, 1.165) is 10.9 Å². The summed E-state index contributed by atoms with van der Waals surface area (Å²) in [5.74, 6) is 0.768. The van der Waals surface area contributed by atoms with Gasteiger partial charge in [-0.1, -0.05) is 6.07 Å². The van der Waals surface area contributed by atoms with Crippen molar-refractivity contribution in [3.63, 3.8) is 0 Å². The average molecular weight is 312 g/mol. The molecule has 0 saturated heterocycles. The lowest BCUT2D eigenvalue weighted by molar-refractivity contribution is 0.473. The highest BCUT2D eigenvalue weighted by molar-refractivity contribution is 7.98. The fraction of sp³-hybridized carbons (Fsp3) is 0.167. The molecule has 0 aliphatic rings. The number of hydrogen-bond donors (Lipinski definition) is 1. The molecule has 22 heavy (non-hydrogen) atoms. The molecule has 0 bridgehead atoms. The Labute approximate surface area is 132 Å². The summed E-state index contributed by atoms with van der Waals surface area (Å²) in [5.41, 5.74) is 3.46. The number of rotatable bonds is 3. The van der Waals surface area contributed by atoms with Gasteiger partial charge in [-0.2, -0.15) is 0 Å². The molecule has 0 spiro atoms. The maximum Gasteiger partial charge on any atom is 0.336 e. The molecule has 3 aromatic rings. The number of fused-ring (bicyclic) bond motifs is 1. The van der Waals surface area contributed by atoms with E-state index in [9.17, 15) is 9.90 Å². The molecule has 0 atom stereocenters. The SMILES string of the molecule is Cc1ccc(SCc2cc(=O)oc3cc(O)ccc23)cc1C. The van der Waals surface area contributed by atoms with Crippen LogP contribution in [0.2, 0.25) is 0 Å². The highest BCUT2D eigenvalue weighted by Crippen LogP contribution is 2.29. The molecule has 0 aliphatic carbocycles. The first-order chi connectivity index (χ1) is 10.5. The molecular weight excluding hydrogens is 296 g/mol. The van der Waals surface area contributed by atoms with Gasteiger partial charge >= 0.3 is 5.63 Å². The topological polar surface area (TPSA) is 50.4 Å². The van der Waals surface area contributed by atoms with Crippen molar-refractivity contribution in [2.45, 2.75) is 24.5 Å². The van der Waals surface area contributed by atoms with E-state index in [-0.39, 0.29) is 5.75 Å². The van der Waals surface area contributed by atoms with Gasteiger partial charge in [0, 0.05) is 28.2 Å². The maximum absolute atomic E-state index is 11.7. The first kappa shape index (κ1) is 14.7. The molecular formula is C18H16O3S. The molecule has 1 N–H and O–H groups in total. The van der Waals surface area contributed by atoms with E-state index in [4.69, 9.17) is 4.42 Å². The summed E-state index contributed by atoms with van der Waals surface area (Å²) in [7, 11) is 0. The van der Waals surface area contributed by atoms with Gasteiger partial charge < -0.3 is 9.52 Å². The number of aryl methyl sites for hydroxylation is 2. The molecule has 4 heteroatoms. The minimum absolute atomic E-state index is 0.0922. The van der Waals surface area contributed by atoms with Crippen LogP contribution in [0.4, 0.5) is 0 Å². The van der Waals surface area contributed by atoms with Crippen molar-refractivity contribution in [3.8, 4) is 5.75 Å². The number of hydrogen-bond acceptors (Lipinski definition) is 4. The summed E-state index contributed by atoms with van der Waals surface area (Å²) in [4.78, 5) is 12.8. The van der Waals surface area contributed by atoms with Crippen LogP contribution in [0, 0.1) is 13.8 Å². The van der Waals surface area contributed by atoms with Gasteiger partial charge in [0.1, 0.15) is 11.3 Å². The molecule has 0 aliphatic heterocycles. The third-order valence-corrected chi connectivity index (χ3v) is 4.73. The van der Waals surface area contributed by atoms with Crippen molar-refractivity contribution in [3.05, 3.63) is 69.6 Å². The molecule has 0 amide bonds. The lowest BCUT2D eigenvalue weighted by atomic mass is 10.1. The highest BCUT2D eigenvalue weighted by atomic mass is 32.2. The Kier molecular flexibility index (Phi) is 3.94. The van der Waals surface area contributed by atoms with E-state index in [0.29, 0.717) is 11.3 Å². The van der Waals surface area contributed by atoms with E-state index in [1.165, 1.54) is 28.2 Å². The van der Waals surface area contributed by atoms with Gasteiger partial charge in [-0.25, -0.2) is 4.79 Å². The van der Waals surface area contributed by atoms with Crippen LogP contribution in [0.1, 0.15) is 16.7 Å². The number of phenolic OH excluding ortho intramolecular Hbond substituents is 1. The van der Waals surface area contributed by atoms with Gasteiger partial charge in [0.15, 0.2) is 0 Å². The standard InChI is InChI=1S/C18H16O3S/c1-11-3-5-15(7-12(11)2)22-10-13-8-18(20)21-17-9-14(19)4-6-16(13)17/h3-9,19H,10H2,1-2H3. The van der Waals surface area contributed by atoms with E-state index >= 15 is 0 Å². The van der Waals surface area contributed by atoms with Gasteiger partial charge in [0.05, 0.1) is 0 Å². The van der Waals surface area contributed by atoms with Crippen LogP contribution >= 0.6 is 11.8 Å². The van der Waals surface area contributed by atoms with Crippen molar-refractivity contribution < 1.29 is 9.52 Å². The summed E-state index contributed by atoms with van der Waals surface area (Å²) in [6, 6.07) is 12.7. The lowest BCUT2D eigenvalue weighted by Gasteiger charge is -2.07. The minimum atomic E-state index is -0.395. The molecule has 2 aromatic carbocycles. The number of thioether (sulfide) groups is 1. The summed E-state index contributed by atoms with van der Waals surface area (Å²) < 4.78 is 5.15. The Bertz CT molecular complexity index is 896. The Morgan fingerprint density at radius 1 is 1.05 bits per heavy atom. The quantitative estimate of drug-likeness (QED) is 0.575. The third kappa shape index (κ3) is 3.02. The predicted octanol–water partition coefficient (Wildman–Crippen LogP) is 4.41. The molecule has 112 valence electrons. The fourth-order valence-electron chi connectivity index (χ4n) is 2.30. The minimum Gasteiger partial charge on any atom is -0.508 e. The summed E-state index contributed by atoms with van der Waals surface area (Å²) in [5, 5.41) is 10.4. The molecule has 3 nitrogen and oxygen atoms in total. The van der Waals surface area contributed by atoms with Crippen LogP contribution in [0.25, 0.3) is 11.0 Å². The monoisotopic (exact) mass is 312 g/mol. The third-order valence-electron chi connectivity index (χ3n) is 3.69. The van der Waals surface area contributed by atoms with Crippen molar-refractivity contribution >= 4 is 22.7 Å². The Morgan fingerprint density at radius 3 is 2.64 bits per heavy atom. The second-order valence-electron chi connectivity index (χ2n) is 5.31. The van der Waals surface area contributed by atoms with Crippen LogP contribution < -0.4 is 5.63 Å². The number of aromatic hydroxyl groups is 1. The van der Waals surface area contributed by atoms with E-state index in [1.807, 2.05) is 0 Å². The van der Waals surface area contributed by atoms with E-state index in [1.54, 1.807) is 23.9 Å². The van der Waals surface area contributed by atoms with Gasteiger partial charge in [-0.15, -0.1) is 11.8 Å². The van der Waals surface area contributed by atoms with Crippen molar-refractivity contribution in [2.75, 3.05) is 0 Å². The lowest BCUT2D eigenvalue weighted by Crippen LogP contribution is -1.99. The molecule has 0 radical (unpaired) electrons. The number of phenols is 1. The zero-order valence-electron chi connectivity index (χ0n) is 12.4. The first-order valence-electron chi connectivity index (χ1n) is 6.99. The van der Waals surface area contributed by atoms with Crippen LogP contribution in [0.15, 0.2) is 56.6 Å². The van der Waals surface area contributed by atoms with Crippen LogP contribution in [0.3, 0.4) is 0 Å². The molecule has 0 unspecified atom stereocenters. The molecule has 0 saturated carbocycles. The summed E-state index contributed by atoms with van der Waals surface area (Å²) in [6.45, 7) is 4.18. The predicted molar refractivity (Wildman–Crippen MR) is 89.6 cm³/mol. The zero-order chi connectivity index (χ0) is 15.7. The first-order valence-corrected chi connectivity index (χ1v) is 7.97. The highest BCUT2D eigenvalue weighted by Gasteiger charge is 2.07. The van der Waals surface area contributed by atoms with Crippen LogP contribution in [-0.4, -0.2) is 5.11 Å². The largest absolute Gasteiger partial charge is 0.508 e. The van der Waals surface area contributed by atoms with Gasteiger partial charge in [0.2, 0.25) is 0 Å². The van der Waals surface area contributed by atoms with Gasteiger partial charge in [-0.05, 0) is 54.8 Å². The zero-order valence-corrected chi connectivity index (χ0v) is 13.2. The van der Waals surface area contributed by atoms with Crippen LogP contribution in [0.5, 0.6) is 5.75 Å². The van der Waals surface area contributed by atoms with Crippen molar-refractivity contribution in [1.29, 1.82) is 0 Å². The van der Waals surface area contributed by atoms with Crippen molar-refractivity contribution in [1.82, 2.24) is 0 Å².